The number of Topliss-reactive ketones (excluding diaryl/α,β-unsaturated/α-hetero) is 1. The number of ketones is 1. The maximum absolute atomic E-state index is 12.1. The summed E-state index contributed by atoms with van der Waals surface area (Å²) in [5.41, 5.74) is 2.11. The summed E-state index contributed by atoms with van der Waals surface area (Å²) >= 11 is 0. The molecule has 0 spiro atoms. The van der Waals surface area contributed by atoms with Crippen LogP contribution in [-0.2, 0) is 16.1 Å². The van der Waals surface area contributed by atoms with E-state index in [2.05, 4.69) is 24.1 Å². The number of carbonyl (C=O) groups is 2. The molecule has 0 saturated heterocycles. The first-order valence-electron chi connectivity index (χ1n) is 7.49. The van der Waals surface area contributed by atoms with Gasteiger partial charge < -0.3 is 5.32 Å². The largest absolute Gasteiger partial charge is 0.352 e. The van der Waals surface area contributed by atoms with Crippen LogP contribution in [-0.4, -0.2) is 16.7 Å². The van der Waals surface area contributed by atoms with Crippen molar-refractivity contribution >= 4 is 11.7 Å². The van der Waals surface area contributed by atoms with Crippen LogP contribution in [0.3, 0.4) is 0 Å². The van der Waals surface area contributed by atoms with E-state index in [0.717, 1.165) is 17.5 Å². The van der Waals surface area contributed by atoms with E-state index in [9.17, 15) is 9.59 Å². The summed E-state index contributed by atoms with van der Waals surface area (Å²) in [5.74, 6) is 0.707. The molecule has 4 nitrogen and oxygen atoms in total. The van der Waals surface area contributed by atoms with Crippen molar-refractivity contribution in [3.8, 4) is 0 Å². The zero-order valence-corrected chi connectivity index (χ0v) is 13.3. The molecule has 0 aliphatic heterocycles. The third-order valence-electron chi connectivity index (χ3n) is 5.01. The van der Waals surface area contributed by atoms with Crippen LogP contribution in [0.2, 0.25) is 0 Å². The number of hydrogen-bond donors (Lipinski definition) is 1. The standard InChI is InChI=1S/C17H24N2O2/c1-11-9-18-6-5-13(11)10-19-16(21)8-14-7-15(12(2)20)17(14,3)4/h5-6,9,14-15H,7-8,10H2,1-4H3,(H,19,21)/t14-,15+/m1/s1. The second-order valence-electron chi connectivity index (χ2n) is 6.70. The molecule has 21 heavy (non-hydrogen) atoms. The highest BCUT2D eigenvalue weighted by Gasteiger charge is 2.50. The predicted octanol–water partition coefficient (Wildman–Crippen LogP) is 2.65. The summed E-state index contributed by atoms with van der Waals surface area (Å²) in [6, 6.07) is 1.93. The van der Waals surface area contributed by atoms with E-state index in [1.165, 1.54) is 0 Å². The second-order valence-corrected chi connectivity index (χ2v) is 6.70. The normalized spacial score (nSPS) is 23.2. The van der Waals surface area contributed by atoms with Gasteiger partial charge in [-0.15, -0.1) is 0 Å². The lowest BCUT2D eigenvalue weighted by Gasteiger charge is -2.51. The first-order valence-corrected chi connectivity index (χ1v) is 7.49. The van der Waals surface area contributed by atoms with Gasteiger partial charge in [0.25, 0.3) is 0 Å². The van der Waals surface area contributed by atoms with Crippen molar-refractivity contribution in [2.75, 3.05) is 0 Å². The number of rotatable bonds is 5. The highest BCUT2D eigenvalue weighted by atomic mass is 16.1. The Bertz CT molecular complexity index is 551. The van der Waals surface area contributed by atoms with Gasteiger partial charge in [-0.3, -0.25) is 14.6 Å². The predicted molar refractivity (Wildman–Crippen MR) is 81.5 cm³/mol. The number of amides is 1. The molecule has 0 unspecified atom stereocenters. The van der Waals surface area contributed by atoms with Gasteiger partial charge in [-0.05, 0) is 48.8 Å². The Morgan fingerprint density at radius 3 is 2.71 bits per heavy atom. The zero-order valence-electron chi connectivity index (χ0n) is 13.3. The van der Waals surface area contributed by atoms with Gasteiger partial charge in [0.2, 0.25) is 5.91 Å². The number of pyridine rings is 1. The number of nitrogens with one attached hydrogen (secondary N) is 1. The number of hydrogen-bond acceptors (Lipinski definition) is 3. The Morgan fingerprint density at radius 2 is 2.14 bits per heavy atom. The Hall–Kier alpha value is -1.71. The van der Waals surface area contributed by atoms with Gasteiger partial charge in [0.1, 0.15) is 5.78 Å². The van der Waals surface area contributed by atoms with Crippen LogP contribution in [0.5, 0.6) is 0 Å². The van der Waals surface area contributed by atoms with Gasteiger partial charge in [0.05, 0.1) is 0 Å². The topological polar surface area (TPSA) is 59.1 Å². The summed E-state index contributed by atoms with van der Waals surface area (Å²) in [7, 11) is 0. The summed E-state index contributed by atoms with van der Waals surface area (Å²) in [6.07, 6.45) is 4.87. The molecule has 1 aromatic rings. The highest BCUT2D eigenvalue weighted by Crippen LogP contribution is 2.53. The van der Waals surface area contributed by atoms with Gasteiger partial charge in [-0.1, -0.05) is 13.8 Å². The smallest absolute Gasteiger partial charge is 0.220 e. The van der Waals surface area contributed by atoms with Crippen LogP contribution in [0.15, 0.2) is 18.5 Å². The van der Waals surface area contributed by atoms with E-state index >= 15 is 0 Å². The number of aromatic nitrogens is 1. The van der Waals surface area contributed by atoms with Gasteiger partial charge >= 0.3 is 0 Å². The summed E-state index contributed by atoms with van der Waals surface area (Å²) < 4.78 is 0. The average Bonchev–Trinajstić information content (AvgIpc) is 2.41. The lowest BCUT2D eigenvalue weighted by atomic mass is 9.52. The van der Waals surface area contributed by atoms with Crippen molar-refractivity contribution in [2.24, 2.45) is 17.3 Å². The maximum Gasteiger partial charge on any atom is 0.220 e. The minimum absolute atomic E-state index is 0.0598. The molecule has 1 saturated carbocycles. The number of aryl methyl sites for hydroxylation is 1. The molecule has 4 heteroatoms. The molecule has 1 heterocycles. The van der Waals surface area contributed by atoms with E-state index < -0.39 is 0 Å². The Morgan fingerprint density at radius 1 is 1.43 bits per heavy atom. The van der Waals surface area contributed by atoms with E-state index in [4.69, 9.17) is 0 Å². The van der Waals surface area contributed by atoms with Crippen LogP contribution in [0.1, 0.15) is 44.7 Å². The molecule has 2 atom stereocenters. The summed E-state index contributed by atoms with van der Waals surface area (Å²) in [5, 5.41) is 2.97. The molecule has 1 amide bonds. The van der Waals surface area contributed by atoms with Gasteiger partial charge in [-0.25, -0.2) is 0 Å². The molecular formula is C17H24N2O2. The Balaban J connectivity index is 1.84. The van der Waals surface area contributed by atoms with Crippen molar-refractivity contribution in [1.82, 2.24) is 10.3 Å². The van der Waals surface area contributed by atoms with Crippen LogP contribution < -0.4 is 5.32 Å². The SMILES string of the molecule is CC(=O)[C@@H]1C[C@H](CC(=O)NCc2ccncc2C)C1(C)C. The summed E-state index contributed by atoms with van der Waals surface area (Å²) in [6.45, 7) is 8.35. The van der Waals surface area contributed by atoms with Crippen LogP contribution in [0.25, 0.3) is 0 Å². The van der Waals surface area contributed by atoms with Gasteiger partial charge in [0, 0.05) is 31.3 Å². The van der Waals surface area contributed by atoms with E-state index in [1.54, 1.807) is 19.3 Å². The van der Waals surface area contributed by atoms with Crippen molar-refractivity contribution in [2.45, 2.75) is 47.1 Å². The molecule has 1 N–H and O–H groups in total. The van der Waals surface area contributed by atoms with Crippen molar-refractivity contribution in [3.05, 3.63) is 29.6 Å². The third kappa shape index (κ3) is 3.31. The van der Waals surface area contributed by atoms with Crippen LogP contribution in [0.4, 0.5) is 0 Å². The molecule has 2 rings (SSSR count). The average molecular weight is 288 g/mol. The van der Waals surface area contributed by atoms with Crippen molar-refractivity contribution < 1.29 is 9.59 Å². The van der Waals surface area contributed by atoms with Crippen LogP contribution in [0, 0.1) is 24.2 Å². The minimum atomic E-state index is -0.0598. The summed E-state index contributed by atoms with van der Waals surface area (Å²) in [4.78, 5) is 27.6. The molecule has 1 aliphatic rings. The monoisotopic (exact) mass is 288 g/mol. The lowest BCUT2D eigenvalue weighted by Crippen LogP contribution is -2.49. The first-order chi connectivity index (χ1) is 9.82. The zero-order chi connectivity index (χ0) is 15.6. The first kappa shape index (κ1) is 15.7. The molecule has 1 aromatic heterocycles. The van der Waals surface area contributed by atoms with E-state index in [0.29, 0.717) is 18.9 Å². The minimum Gasteiger partial charge on any atom is -0.352 e. The molecule has 0 bridgehead atoms. The molecule has 1 aliphatic carbocycles. The number of nitrogens with zero attached hydrogens (tertiary/aromatic N) is 1. The lowest BCUT2D eigenvalue weighted by molar-refractivity contribution is -0.141. The van der Waals surface area contributed by atoms with Crippen LogP contribution >= 0.6 is 0 Å². The van der Waals surface area contributed by atoms with E-state index in [-0.39, 0.29) is 23.0 Å². The molecular weight excluding hydrogens is 264 g/mol. The fourth-order valence-electron chi connectivity index (χ4n) is 3.24. The van der Waals surface area contributed by atoms with E-state index in [1.807, 2.05) is 13.0 Å². The van der Waals surface area contributed by atoms with Gasteiger partial charge in [-0.2, -0.15) is 0 Å². The number of carbonyl (C=O) groups excluding carboxylic acids is 2. The Labute approximate surface area is 126 Å². The quantitative estimate of drug-likeness (QED) is 0.906. The fourth-order valence-corrected chi connectivity index (χ4v) is 3.24. The molecule has 0 radical (unpaired) electrons. The Kier molecular flexibility index (Phi) is 4.45. The third-order valence-corrected chi connectivity index (χ3v) is 5.01. The van der Waals surface area contributed by atoms with Crippen molar-refractivity contribution in [3.63, 3.8) is 0 Å². The molecule has 1 fully saturated rings. The van der Waals surface area contributed by atoms with Gasteiger partial charge in [0.15, 0.2) is 0 Å². The fraction of sp³-hybridized carbons (Fsp3) is 0.588. The molecule has 114 valence electrons. The van der Waals surface area contributed by atoms with Crippen molar-refractivity contribution in [1.29, 1.82) is 0 Å². The highest BCUT2D eigenvalue weighted by molar-refractivity contribution is 5.81. The maximum atomic E-state index is 12.1. The molecule has 0 aromatic carbocycles. The second kappa shape index (κ2) is 5.96.